The van der Waals surface area contributed by atoms with Crippen LogP contribution in [-0.2, 0) is 10.0 Å². The molecule has 0 saturated heterocycles. The van der Waals surface area contributed by atoms with Crippen molar-refractivity contribution in [3.63, 3.8) is 0 Å². The molecule has 2 aromatic rings. The standard InChI is InChI=1S/C14H17N3O2S/c1-10-6-13(9-16-8-10)17-11(2)12-4-3-5-14(7-12)20(15,18)19/h3-9,11,17H,1-2H3,(H2,15,18,19). The molecule has 0 amide bonds. The topological polar surface area (TPSA) is 85.1 Å². The van der Waals surface area contributed by atoms with Crippen LogP contribution in [0.5, 0.6) is 0 Å². The smallest absolute Gasteiger partial charge is 0.238 e. The lowest BCUT2D eigenvalue weighted by Gasteiger charge is -2.16. The lowest BCUT2D eigenvalue weighted by molar-refractivity contribution is 0.597. The van der Waals surface area contributed by atoms with Crippen molar-refractivity contribution in [1.82, 2.24) is 4.98 Å². The Morgan fingerprint density at radius 1 is 1.25 bits per heavy atom. The van der Waals surface area contributed by atoms with Gasteiger partial charge in [0.1, 0.15) is 0 Å². The average Bonchev–Trinajstić information content (AvgIpc) is 2.38. The first-order valence-electron chi connectivity index (χ1n) is 6.17. The van der Waals surface area contributed by atoms with E-state index in [1.54, 1.807) is 24.5 Å². The number of primary sulfonamides is 1. The van der Waals surface area contributed by atoms with E-state index in [0.29, 0.717) is 0 Å². The summed E-state index contributed by atoms with van der Waals surface area (Å²) in [5.41, 5.74) is 2.79. The average molecular weight is 291 g/mol. The molecular weight excluding hydrogens is 274 g/mol. The van der Waals surface area contributed by atoms with E-state index < -0.39 is 10.0 Å². The Morgan fingerprint density at radius 2 is 2.00 bits per heavy atom. The highest BCUT2D eigenvalue weighted by Gasteiger charge is 2.11. The monoisotopic (exact) mass is 291 g/mol. The first-order chi connectivity index (χ1) is 9.36. The fourth-order valence-electron chi connectivity index (χ4n) is 1.93. The normalized spacial score (nSPS) is 12.9. The quantitative estimate of drug-likeness (QED) is 0.904. The number of hydrogen-bond donors (Lipinski definition) is 2. The number of hydrogen-bond acceptors (Lipinski definition) is 4. The Balaban J connectivity index is 2.23. The number of aromatic nitrogens is 1. The maximum absolute atomic E-state index is 11.4. The summed E-state index contributed by atoms with van der Waals surface area (Å²) in [6, 6.07) is 8.53. The van der Waals surface area contributed by atoms with Crippen LogP contribution in [0.3, 0.4) is 0 Å². The van der Waals surface area contributed by atoms with Gasteiger partial charge in [-0.1, -0.05) is 12.1 Å². The second-order valence-corrected chi connectivity index (χ2v) is 6.30. The molecule has 1 aromatic carbocycles. The maximum Gasteiger partial charge on any atom is 0.238 e. The van der Waals surface area contributed by atoms with E-state index in [2.05, 4.69) is 10.3 Å². The third kappa shape index (κ3) is 3.55. The van der Waals surface area contributed by atoms with E-state index >= 15 is 0 Å². The summed E-state index contributed by atoms with van der Waals surface area (Å²) in [5, 5.41) is 8.42. The molecule has 6 heteroatoms. The zero-order valence-electron chi connectivity index (χ0n) is 11.4. The number of aryl methyl sites for hydroxylation is 1. The van der Waals surface area contributed by atoms with Crippen molar-refractivity contribution in [3.05, 3.63) is 53.9 Å². The number of rotatable bonds is 4. The molecular formula is C14H17N3O2S. The molecule has 2 rings (SSSR count). The molecule has 1 unspecified atom stereocenters. The molecule has 0 spiro atoms. The van der Waals surface area contributed by atoms with Gasteiger partial charge < -0.3 is 5.32 Å². The van der Waals surface area contributed by atoms with Crippen LogP contribution in [0, 0.1) is 6.92 Å². The van der Waals surface area contributed by atoms with Crippen LogP contribution in [0.25, 0.3) is 0 Å². The van der Waals surface area contributed by atoms with Crippen molar-refractivity contribution in [2.24, 2.45) is 5.14 Å². The Hall–Kier alpha value is -1.92. The molecule has 0 aliphatic heterocycles. The van der Waals surface area contributed by atoms with Crippen LogP contribution >= 0.6 is 0 Å². The van der Waals surface area contributed by atoms with Crippen molar-refractivity contribution in [2.75, 3.05) is 5.32 Å². The van der Waals surface area contributed by atoms with Crippen molar-refractivity contribution >= 4 is 15.7 Å². The number of nitrogens with zero attached hydrogens (tertiary/aromatic N) is 1. The molecule has 1 heterocycles. The van der Waals surface area contributed by atoms with Gasteiger partial charge in [0.15, 0.2) is 0 Å². The van der Waals surface area contributed by atoms with E-state index in [9.17, 15) is 8.42 Å². The van der Waals surface area contributed by atoms with Crippen LogP contribution in [0.2, 0.25) is 0 Å². The molecule has 0 saturated carbocycles. The Labute approximate surface area is 118 Å². The first-order valence-corrected chi connectivity index (χ1v) is 7.72. The summed E-state index contributed by atoms with van der Waals surface area (Å²) in [5.74, 6) is 0. The SMILES string of the molecule is Cc1cncc(NC(C)c2cccc(S(N)(=O)=O)c2)c1. The van der Waals surface area contributed by atoms with E-state index in [1.807, 2.05) is 26.0 Å². The second-order valence-electron chi connectivity index (χ2n) is 4.73. The molecule has 0 bridgehead atoms. The van der Waals surface area contributed by atoms with Crippen LogP contribution in [0.4, 0.5) is 5.69 Å². The van der Waals surface area contributed by atoms with Crippen LogP contribution in [-0.4, -0.2) is 13.4 Å². The van der Waals surface area contributed by atoms with E-state index in [-0.39, 0.29) is 10.9 Å². The summed E-state index contributed by atoms with van der Waals surface area (Å²) < 4.78 is 22.7. The van der Waals surface area contributed by atoms with Gasteiger partial charge in [0.25, 0.3) is 0 Å². The van der Waals surface area contributed by atoms with Crippen molar-refractivity contribution < 1.29 is 8.42 Å². The van der Waals surface area contributed by atoms with Gasteiger partial charge in [0.2, 0.25) is 10.0 Å². The molecule has 0 radical (unpaired) electrons. The number of pyridine rings is 1. The van der Waals surface area contributed by atoms with Gasteiger partial charge in [0.05, 0.1) is 10.6 Å². The van der Waals surface area contributed by atoms with Gasteiger partial charge in [-0.05, 0) is 43.2 Å². The maximum atomic E-state index is 11.4. The number of sulfonamides is 1. The minimum atomic E-state index is -3.68. The number of nitrogens with one attached hydrogen (secondary N) is 1. The highest BCUT2D eigenvalue weighted by atomic mass is 32.2. The van der Waals surface area contributed by atoms with E-state index in [1.165, 1.54) is 6.07 Å². The van der Waals surface area contributed by atoms with E-state index in [4.69, 9.17) is 5.14 Å². The zero-order chi connectivity index (χ0) is 14.8. The molecule has 5 nitrogen and oxygen atoms in total. The fraction of sp³-hybridized carbons (Fsp3) is 0.214. The van der Waals surface area contributed by atoms with Crippen molar-refractivity contribution in [2.45, 2.75) is 24.8 Å². The van der Waals surface area contributed by atoms with Crippen molar-refractivity contribution in [3.8, 4) is 0 Å². The Kier molecular flexibility index (Phi) is 4.06. The van der Waals surface area contributed by atoms with Crippen molar-refractivity contribution in [1.29, 1.82) is 0 Å². The molecule has 106 valence electrons. The lowest BCUT2D eigenvalue weighted by atomic mass is 10.1. The Bertz CT molecular complexity index is 714. The predicted octanol–water partition coefficient (Wildman–Crippen LogP) is 2.21. The van der Waals surface area contributed by atoms with Gasteiger partial charge in [-0.25, -0.2) is 13.6 Å². The Morgan fingerprint density at radius 3 is 2.65 bits per heavy atom. The summed E-state index contributed by atoms with van der Waals surface area (Å²) in [4.78, 5) is 4.23. The van der Waals surface area contributed by atoms with Crippen LogP contribution in [0.1, 0.15) is 24.1 Å². The third-order valence-corrected chi connectivity index (χ3v) is 3.86. The van der Waals surface area contributed by atoms with Crippen LogP contribution in [0.15, 0.2) is 47.6 Å². The largest absolute Gasteiger partial charge is 0.377 e. The fourth-order valence-corrected chi connectivity index (χ4v) is 2.50. The summed E-state index contributed by atoms with van der Waals surface area (Å²) in [6.07, 6.45) is 3.50. The molecule has 1 aromatic heterocycles. The van der Waals surface area contributed by atoms with Gasteiger partial charge in [-0.2, -0.15) is 0 Å². The molecule has 20 heavy (non-hydrogen) atoms. The highest BCUT2D eigenvalue weighted by Crippen LogP contribution is 2.21. The number of nitrogens with two attached hydrogens (primary N) is 1. The highest BCUT2D eigenvalue weighted by molar-refractivity contribution is 7.89. The molecule has 0 fully saturated rings. The van der Waals surface area contributed by atoms with Gasteiger partial charge in [-0.15, -0.1) is 0 Å². The minimum Gasteiger partial charge on any atom is -0.377 e. The minimum absolute atomic E-state index is 0.0553. The lowest BCUT2D eigenvalue weighted by Crippen LogP contribution is -2.13. The third-order valence-electron chi connectivity index (χ3n) is 2.94. The molecule has 1 atom stereocenters. The van der Waals surface area contributed by atoms with Gasteiger partial charge in [-0.3, -0.25) is 4.98 Å². The molecule has 0 aliphatic carbocycles. The van der Waals surface area contributed by atoms with Gasteiger partial charge in [0, 0.05) is 18.4 Å². The number of anilines is 1. The summed E-state index contributed by atoms with van der Waals surface area (Å²) in [7, 11) is -3.68. The van der Waals surface area contributed by atoms with Crippen LogP contribution < -0.4 is 10.5 Å². The second kappa shape index (κ2) is 5.60. The zero-order valence-corrected chi connectivity index (χ0v) is 12.2. The van der Waals surface area contributed by atoms with Gasteiger partial charge >= 0.3 is 0 Å². The summed E-state index contributed by atoms with van der Waals surface area (Å²) >= 11 is 0. The summed E-state index contributed by atoms with van der Waals surface area (Å²) in [6.45, 7) is 3.91. The molecule has 3 N–H and O–H groups in total. The first kappa shape index (κ1) is 14.5. The van der Waals surface area contributed by atoms with E-state index in [0.717, 1.165) is 16.8 Å². The number of benzene rings is 1. The molecule has 0 aliphatic rings. The predicted molar refractivity (Wildman–Crippen MR) is 78.8 cm³/mol.